The minimum Gasteiger partial charge on any atom is -0.508 e. The van der Waals surface area contributed by atoms with E-state index in [0.717, 1.165) is 16.8 Å². The number of thioether (sulfide) groups is 1. The normalized spacial score (nSPS) is 18.3. The minimum absolute atomic E-state index is 0.0265. The van der Waals surface area contributed by atoms with Crippen LogP contribution in [0.1, 0.15) is 16.5 Å². The summed E-state index contributed by atoms with van der Waals surface area (Å²) in [7, 11) is 0. The maximum atomic E-state index is 12.3. The number of amides is 1. The minimum atomic E-state index is -0.226. The molecule has 2 aromatic rings. The number of para-hydroxylation sites is 1. The Morgan fingerprint density at radius 3 is 2.76 bits per heavy atom. The van der Waals surface area contributed by atoms with E-state index in [9.17, 15) is 9.90 Å². The van der Waals surface area contributed by atoms with E-state index in [0.29, 0.717) is 10.8 Å². The molecule has 0 aliphatic carbocycles. The summed E-state index contributed by atoms with van der Waals surface area (Å²) < 4.78 is 0. The van der Waals surface area contributed by atoms with Crippen LogP contribution in [-0.2, 0) is 4.79 Å². The Kier molecular flexibility index (Phi) is 3.83. The number of halogens is 1. The van der Waals surface area contributed by atoms with Gasteiger partial charge in [-0.25, -0.2) is 0 Å². The zero-order valence-electron chi connectivity index (χ0n) is 11.4. The summed E-state index contributed by atoms with van der Waals surface area (Å²) in [6.07, 6.45) is 0. The SMILES string of the molecule is Cc1c(Cl)cccc1N1C(=O)CSC1c1ccccc1O. The fraction of sp³-hybridized carbons (Fsp3) is 0.188. The number of anilines is 1. The summed E-state index contributed by atoms with van der Waals surface area (Å²) >= 11 is 7.68. The van der Waals surface area contributed by atoms with Crippen LogP contribution in [0.5, 0.6) is 5.75 Å². The monoisotopic (exact) mass is 319 g/mol. The van der Waals surface area contributed by atoms with Crippen LogP contribution < -0.4 is 4.90 Å². The molecular weight excluding hydrogens is 306 g/mol. The number of hydrogen-bond donors (Lipinski definition) is 1. The van der Waals surface area contributed by atoms with Crippen molar-refractivity contribution in [3.8, 4) is 5.75 Å². The Morgan fingerprint density at radius 1 is 1.24 bits per heavy atom. The second kappa shape index (κ2) is 5.62. The maximum Gasteiger partial charge on any atom is 0.238 e. The first-order valence-corrected chi connectivity index (χ1v) is 7.99. The van der Waals surface area contributed by atoms with Gasteiger partial charge in [0.25, 0.3) is 0 Å². The summed E-state index contributed by atoms with van der Waals surface area (Å²) in [5.74, 6) is 0.623. The first-order valence-electron chi connectivity index (χ1n) is 6.56. The van der Waals surface area contributed by atoms with Gasteiger partial charge in [-0.15, -0.1) is 11.8 Å². The number of carbonyl (C=O) groups excluding carboxylic acids is 1. The second-order valence-corrected chi connectivity index (χ2v) is 6.35. The van der Waals surface area contributed by atoms with Crippen molar-refractivity contribution in [3.63, 3.8) is 0 Å². The van der Waals surface area contributed by atoms with E-state index < -0.39 is 0 Å². The van der Waals surface area contributed by atoms with E-state index >= 15 is 0 Å². The lowest BCUT2D eigenvalue weighted by Gasteiger charge is -2.26. The van der Waals surface area contributed by atoms with Crippen molar-refractivity contribution in [2.75, 3.05) is 10.7 Å². The van der Waals surface area contributed by atoms with Crippen molar-refractivity contribution in [1.29, 1.82) is 0 Å². The molecule has 21 heavy (non-hydrogen) atoms. The Labute approximate surface area is 132 Å². The highest BCUT2D eigenvalue weighted by molar-refractivity contribution is 8.00. The molecule has 1 unspecified atom stereocenters. The van der Waals surface area contributed by atoms with Gasteiger partial charge in [-0.2, -0.15) is 0 Å². The zero-order valence-corrected chi connectivity index (χ0v) is 13.0. The lowest BCUT2D eigenvalue weighted by atomic mass is 10.1. The van der Waals surface area contributed by atoms with Crippen molar-refractivity contribution in [2.45, 2.75) is 12.3 Å². The molecule has 5 heteroatoms. The van der Waals surface area contributed by atoms with Crippen LogP contribution in [0.3, 0.4) is 0 Å². The predicted octanol–water partition coefficient (Wildman–Crippen LogP) is 4.13. The third-order valence-corrected chi connectivity index (χ3v) is 5.17. The van der Waals surface area contributed by atoms with Crippen molar-refractivity contribution in [1.82, 2.24) is 0 Å². The molecule has 0 saturated carbocycles. The van der Waals surface area contributed by atoms with E-state index in [2.05, 4.69) is 0 Å². The van der Waals surface area contributed by atoms with E-state index in [1.165, 1.54) is 11.8 Å². The second-order valence-electron chi connectivity index (χ2n) is 4.87. The van der Waals surface area contributed by atoms with Crippen LogP contribution in [0.4, 0.5) is 5.69 Å². The van der Waals surface area contributed by atoms with Gasteiger partial charge in [0.05, 0.1) is 5.75 Å². The third kappa shape index (κ3) is 2.49. The van der Waals surface area contributed by atoms with Crippen LogP contribution in [-0.4, -0.2) is 16.8 Å². The number of benzene rings is 2. The molecule has 1 amide bonds. The fourth-order valence-corrected chi connectivity index (χ4v) is 3.84. The van der Waals surface area contributed by atoms with Gasteiger partial charge in [0.15, 0.2) is 0 Å². The average molecular weight is 320 g/mol. The number of carbonyl (C=O) groups is 1. The molecule has 3 nitrogen and oxygen atoms in total. The summed E-state index contributed by atoms with van der Waals surface area (Å²) in [4.78, 5) is 14.0. The Hall–Kier alpha value is -1.65. The molecule has 1 fully saturated rings. The van der Waals surface area contributed by atoms with Gasteiger partial charge in [0.2, 0.25) is 5.91 Å². The molecule has 0 bridgehead atoms. The molecule has 1 heterocycles. The predicted molar refractivity (Wildman–Crippen MR) is 87.0 cm³/mol. The van der Waals surface area contributed by atoms with Gasteiger partial charge in [0, 0.05) is 16.3 Å². The molecule has 3 rings (SSSR count). The summed E-state index contributed by atoms with van der Waals surface area (Å²) in [6.45, 7) is 1.90. The van der Waals surface area contributed by atoms with Crippen LogP contribution in [0, 0.1) is 6.92 Å². The van der Waals surface area contributed by atoms with Gasteiger partial charge in [0.1, 0.15) is 11.1 Å². The fourth-order valence-electron chi connectivity index (χ4n) is 2.47. The molecule has 0 aromatic heterocycles. The summed E-state index contributed by atoms with van der Waals surface area (Å²) in [6, 6.07) is 12.7. The van der Waals surface area contributed by atoms with Gasteiger partial charge in [-0.1, -0.05) is 35.9 Å². The third-order valence-electron chi connectivity index (χ3n) is 3.57. The van der Waals surface area contributed by atoms with Gasteiger partial charge in [-0.05, 0) is 30.7 Å². The molecule has 1 saturated heterocycles. The highest BCUT2D eigenvalue weighted by atomic mass is 35.5. The van der Waals surface area contributed by atoms with Crippen molar-refractivity contribution >= 4 is 35.0 Å². The van der Waals surface area contributed by atoms with Crippen LogP contribution in [0.15, 0.2) is 42.5 Å². The van der Waals surface area contributed by atoms with Gasteiger partial charge in [-0.3, -0.25) is 9.69 Å². The van der Waals surface area contributed by atoms with E-state index in [1.807, 2.05) is 37.3 Å². The van der Waals surface area contributed by atoms with Crippen LogP contribution in [0.2, 0.25) is 5.02 Å². The first kappa shape index (κ1) is 14.3. The number of phenolic OH excluding ortho intramolecular Hbond substituents is 1. The molecule has 2 aromatic carbocycles. The number of aromatic hydroxyl groups is 1. The highest BCUT2D eigenvalue weighted by Gasteiger charge is 2.36. The van der Waals surface area contributed by atoms with Crippen LogP contribution >= 0.6 is 23.4 Å². The molecular formula is C16H14ClNO2S. The van der Waals surface area contributed by atoms with Crippen LogP contribution in [0.25, 0.3) is 0 Å². The summed E-state index contributed by atoms with van der Waals surface area (Å²) in [5.41, 5.74) is 2.41. The number of rotatable bonds is 2. The van der Waals surface area contributed by atoms with Crippen molar-refractivity contribution in [3.05, 3.63) is 58.6 Å². The standard InChI is InChI=1S/C16H14ClNO2S/c1-10-12(17)6-4-7-13(10)18-15(20)9-21-16(18)11-5-2-3-8-14(11)19/h2-8,16,19H,9H2,1H3. The summed E-state index contributed by atoms with van der Waals surface area (Å²) in [5, 5.41) is 10.5. The lowest BCUT2D eigenvalue weighted by molar-refractivity contribution is -0.115. The lowest BCUT2D eigenvalue weighted by Crippen LogP contribution is -2.28. The Balaban J connectivity index is 2.09. The molecule has 0 spiro atoms. The zero-order chi connectivity index (χ0) is 15.0. The molecule has 108 valence electrons. The van der Waals surface area contributed by atoms with E-state index in [4.69, 9.17) is 11.6 Å². The molecule has 1 N–H and O–H groups in total. The highest BCUT2D eigenvalue weighted by Crippen LogP contribution is 2.45. The largest absolute Gasteiger partial charge is 0.508 e. The smallest absolute Gasteiger partial charge is 0.238 e. The molecule has 1 aliphatic heterocycles. The molecule has 0 radical (unpaired) electrons. The average Bonchev–Trinajstić information content (AvgIpc) is 2.84. The van der Waals surface area contributed by atoms with E-state index in [-0.39, 0.29) is 17.0 Å². The number of phenols is 1. The van der Waals surface area contributed by atoms with E-state index in [1.54, 1.807) is 17.0 Å². The van der Waals surface area contributed by atoms with Crippen molar-refractivity contribution in [2.24, 2.45) is 0 Å². The number of hydrogen-bond acceptors (Lipinski definition) is 3. The van der Waals surface area contributed by atoms with Gasteiger partial charge < -0.3 is 5.11 Å². The molecule has 1 aliphatic rings. The van der Waals surface area contributed by atoms with Gasteiger partial charge >= 0.3 is 0 Å². The topological polar surface area (TPSA) is 40.5 Å². The Bertz CT molecular complexity index is 704. The first-order chi connectivity index (χ1) is 10.1. The maximum absolute atomic E-state index is 12.3. The quantitative estimate of drug-likeness (QED) is 0.904. The van der Waals surface area contributed by atoms with Crippen molar-refractivity contribution < 1.29 is 9.90 Å². The Morgan fingerprint density at radius 2 is 2.00 bits per heavy atom. The number of nitrogens with zero attached hydrogens (tertiary/aromatic N) is 1. The molecule has 1 atom stereocenters.